The number of rotatable bonds is 4. The van der Waals surface area contributed by atoms with Gasteiger partial charge in [-0.05, 0) is 12.5 Å². The second kappa shape index (κ2) is 5.77. The number of ether oxygens (including phenoxy) is 1. The van der Waals surface area contributed by atoms with Gasteiger partial charge in [0.2, 0.25) is 11.9 Å². The van der Waals surface area contributed by atoms with Crippen LogP contribution in [0.1, 0.15) is 24.5 Å². The van der Waals surface area contributed by atoms with Crippen LogP contribution in [-0.2, 0) is 9.53 Å². The van der Waals surface area contributed by atoms with Crippen LogP contribution in [0, 0.1) is 0 Å². The van der Waals surface area contributed by atoms with Crippen LogP contribution in [0.3, 0.4) is 0 Å². The van der Waals surface area contributed by atoms with Gasteiger partial charge in [-0.1, -0.05) is 0 Å². The van der Waals surface area contributed by atoms with Crippen molar-refractivity contribution < 1.29 is 9.53 Å². The molecule has 2 N–H and O–H groups in total. The summed E-state index contributed by atoms with van der Waals surface area (Å²) in [5, 5.41) is 0. The third-order valence-electron chi connectivity index (χ3n) is 3.18. The molecule has 1 aromatic rings. The Balaban J connectivity index is 1.94. The van der Waals surface area contributed by atoms with Crippen molar-refractivity contribution in [3.63, 3.8) is 0 Å². The summed E-state index contributed by atoms with van der Waals surface area (Å²) in [6, 6.07) is 1.87. The average Bonchev–Trinajstić information content (AvgIpc) is 2.85. The van der Waals surface area contributed by atoms with Gasteiger partial charge in [0.1, 0.15) is 0 Å². The van der Waals surface area contributed by atoms with Gasteiger partial charge >= 0.3 is 0 Å². The highest BCUT2D eigenvalue weighted by Crippen LogP contribution is 2.26. The van der Waals surface area contributed by atoms with Gasteiger partial charge in [-0.2, -0.15) is 0 Å². The topological polar surface area (TPSA) is 81.3 Å². The number of amides is 1. The fourth-order valence-electron chi connectivity index (χ4n) is 2.19. The van der Waals surface area contributed by atoms with E-state index in [0.29, 0.717) is 19.6 Å². The lowest BCUT2D eigenvalue weighted by atomic mass is 10.1. The predicted molar refractivity (Wildman–Crippen MR) is 66.9 cm³/mol. The van der Waals surface area contributed by atoms with E-state index in [-0.39, 0.29) is 17.8 Å². The second-order valence-corrected chi connectivity index (χ2v) is 4.41. The molecule has 6 nitrogen and oxygen atoms in total. The monoisotopic (exact) mass is 250 g/mol. The van der Waals surface area contributed by atoms with Crippen molar-refractivity contribution in [1.82, 2.24) is 14.9 Å². The number of anilines is 1. The maximum atomic E-state index is 11.8. The predicted octanol–water partition coefficient (Wildman–Crippen LogP) is 0.411. The third kappa shape index (κ3) is 2.95. The van der Waals surface area contributed by atoms with Gasteiger partial charge in [-0.3, -0.25) is 4.79 Å². The molecule has 1 aromatic heterocycles. The normalized spacial score (nSPS) is 19.2. The van der Waals surface area contributed by atoms with E-state index in [1.807, 2.05) is 11.0 Å². The molecule has 1 aliphatic heterocycles. The Kier molecular flexibility index (Phi) is 4.09. The molecule has 1 amide bonds. The smallest absolute Gasteiger partial charge is 0.224 e. The molecule has 2 rings (SSSR count). The van der Waals surface area contributed by atoms with E-state index < -0.39 is 0 Å². The summed E-state index contributed by atoms with van der Waals surface area (Å²) in [6.45, 7) is 1.95. The molecule has 1 saturated heterocycles. The number of likely N-dealkylation sites (tertiary alicyclic amines) is 1. The molecular weight excluding hydrogens is 232 g/mol. The number of nitrogen functional groups attached to an aromatic ring is 1. The summed E-state index contributed by atoms with van der Waals surface area (Å²) in [6.07, 6.45) is 3.03. The quantitative estimate of drug-likeness (QED) is 0.837. The molecule has 1 aliphatic rings. The van der Waals surface area contributed by atoms with Crippen LogP contribution in [0.15, 0.2) is 12.3 Å². The SMILES string of the molecule is COCCC(=O)N1CCC(c2ccnc(N)n2)C1. The number of carbonyl (C=O) groups excluding carboxylic acids is 1. The highest BCUT2D eigenvalue weighted by molar-refractivity contribution is 5.76. The Morgan fingerprint density at radius 3 is 3.22 bits per heavy atom. The lowest BCUT2D eigenvalue weighted by molar-refractivity contribution is -0.131. The molecule has 0 bridgehead atoms. The van der Waals surface area contributed by atoms with E-state index in [9.17, 15) is 4.79 Å². The first-order valence-corrected chi connectivity index (χ1v) is 6.06. The maximum Gasteiger partial charge on any atom is 0.224 e. The molecule has 1 unspecified atom stereocenters. The Morgan fingerprint density at radius 1 is 1.67 bits per heavy atom. The first kappa shape index (κ1) is 12.8. The highest BCUT2D eigenvalue weighted by atomic mass is 16.5. The van der Waals surface area contributed by atoms with Crippen LogP contribution < -0.4 is 5.73 Å². The van der Waals surface area contributed by atoms with E-state index >= 15 is 0 Å². The van der Waals surface area contributed by atoms with E-state index in [4.69, 9.17) is 10.5 Å². The Morgan fingerprint density at radius 2 is 2.50 bits per heavy atom. The molecule has 1 fully saturated rings. The van der Waals surface area contributed by atoms with Crippen LogP contribution in [0.5, 0.6) is 0 Å². The summed E-state index contributed by atoms with van der Waals surface area (Å²) in [4.78, 5) is 21.8. The van der Waals surface area contributed by atoms with Crippen molar-refractivity contribution in [3.8, 4) is 0 Å². The summed E-state index contributed by atoms with van der Waals surface area (Å²) in [7, 11) is 1.60. The fraction of sp³-hybridized carbons (Fsp3) is 0.583. The lowest BCUT2D eigenvalue weighted by Crippen LogP contribution is -2.29. The zero-order chi connectivity index (χ0) is 13.0. The number of carbonyl (C=O) groups is 1. The van der Waals surface area contributed by atoms with Crippen LogP contribution in [0.25, 0.3) is 0 Å². The highest BCUT2D eigenvalue weighted by Gasteiger charge is 2.27. The number of nitrogens with two attached hydrogens (primary N) is 1. The number of nitrogens with zero attached hydrogens (tertiary/aromatic N) is 3. The minimum atomic E-state index is 0.140. The maximum absolute atomic E-state index is 11.8. The van der Waals surface area contributed by atoms with Crippen molar-refractivity contribution >= 4 is 11.9 Å². The molecule has 0 aromatic carbocycles. The number of aromatic nitrogens is 2. The number of methoxy groups -OCH3 is 1. The molecule has 6 heteroatoms. The van der Waals surface area contributed by atoms with E-state index in [2.05, 4.69) is 9.97 Å². The standard InChI is InChI=1S/C12H18N4O2/c1-18-7-4-11(17)16-6-3-9(8-16)10-2-5-14-12(13)15-10/h2,5,9H,3-4,6-8H2,1H3,(H2,13,14,15). The fourth-order valence-corrected chi connectivity index (χ4v) is 2.19. The average molecular weight is 250 g/mol. The van der Waals surface area contributed by atoms with Crippen molar-refractivity contribution in [2.24, 2.45) is 0 Å². The number of hydrogen-bond acceptors (Lipinski definition) is 5. The molecule has 0 aliphatic carbocycles. The minimum absolute atomic E-state index is 0.140. The molecule has 0 spiro atoms. The van der Waals surface area contributed by atoms with Gasteiger partial charge < -0.3 is 15.4 Å². The lowest BCUT2D eigenvalue weighted by Gasteiger charge is -2.16. The van der Waals surface area contributed by atoms with E-state index in [0.717, 1.165) is 18.7 Å². The van der Waals surface area contributed by atoms with Crippen molar-refractivity contribution in [2.45, 2.75) is 18.8 Å². The van der Waals surface area contributed by atoms with E-state index in [1.165, 1.54) is 0 Å². The molecular formula is C12H18N4O2. The Hall–Kier alpha value is -1.69. The molecule has 1 atom stereocenters. The number of hydrogen-bond donors (Lipinski definition) is 1. The largest absolute Gasteiger partial charge is 0.384 e. The van der Waals surface area contributed by atoms with Gasteiger partial charge in [0.25, 0.3) is 0 Å². The van der Waals surface area contributed by atoms with Gasteiger partial charge in [0.15, 0.2) is 0 Å². The van der Waals surface area contributed by atoms with Crippen LogP contribution in [0.2, 0.25) is 0 Å². The molecule has 18 heavy (non-hydrogen) atoms. The second-order valence-electron chi connectivity index (χ2n) is 4.41. The molecule has 98 valence electrons. The third-order valence-corrected chi connectivity index (χ3v) is 3.18. The first-order valence-electron chi connectivity index (χ1n) is 6.06. The minimum Gasteiger partial charge on any atom is -0.384 e. The summed E-state index contributed by atoms with van der Waals surface area (Å²) in [5.41, 5.74) is 6.49. The van der Waals surface area contributed by atoms with Crippen LogP contribution in [-0.4, -0.2) is 47.6 Å². The Labute approximate surface area is 106 Å². The molecule has 0 saturated carbocycles. The van der Waals surface area contributed by atoms with Gasteiger partial charge in [-0.25, -0.2) is 9.97 Å². The van der Waals surface area contributed by atoms with Crippen molar-refractivity contribution in [2.75, 3.05) is 32.5 Å². The first-order chi connectivity index (χ1) is 8.70. The van der Waals surface area contributed by atoms with Gasteiger partial charge in [0.05, 0.1) is 18.7 Å². The van der Waals surface area contributed by atoms with E-state index in [1.54, 1.807) is 13.3 Å². The zero-order valence-corrected chi connectivity index (χ0v) is 10.5. The van der Waals surface area contributed by atoms with Crippen molar-refractivity contribution in [3.05, 3.63) is 18.0 Å². The summed E-state index contributed by atoms with van der Waals surface area (Å²) >= 11 is 0. The zero-order valence-electron chi connectivity index (χ0n) is 10.5. The summed E-state index contributed by atoms with van der Waals surface area (Å²) < 4.78 is 4.91. The molecule has 2 heterocycles. The van der Waals surface area contributed by atoms with Gasteiger partial charge in [-0.15, -0.1) is 0 Å². The van der Waals surface area contributed by atoms with Crippen molar-refractivity contribution in [1.29, 1.82) is 0 Å². The van der Waals surface area contributed by atoms with Gasteiger partial charge in [0, 0.05) is 32.3 Å². The molecule has 0 radical (unpaired) electrons. The summed E-state index contributed by atoms with van der Waals surface area (Å²) in [5.74, 6) is 0.694. The van der Waals surface area contributed by atoms with Crippen LogP contribution in [0.4, 0.5) is 5.95 Å². The van der Waals surface area contributed by atoms with Crippen LogP contribution >= 0.6 is 0 Å². The Bertz CT molecular complexity index is 424.